The predicted molar refractivity (Wildman–Crippen MR) is 87.2 cm³/mol. The van der Waals surface area contributed by atoms with E-state index in [0.29, 0.717) is 0 Å². The smallest absolute Gasteiger partial charge is 0.315 e. The summed E-state index contributed by atoms with van der Waals surface area (Å²) >= 11 is 0. The topological polar surface area (TPSA) is 90.4 Å². The van der Waals surface area contributed by atoms with Crippen LogP contribution in [0.4, 0.5) is 10.7 Å². The highest BCUT2D eigenvalue weighted by atomic mass is 16.3. The molecule has 2 aliphatic rings. The third-order valence-electron chi connectivity index (χ3n) is 4.62. The fourth-order valence-electron chi connectivity index (χ4n) is 3.36. The molecule has 23 heavy (non-hydrogen) atoms. The molecule has 1 atom stereocenters. The Hall–Kier alpha value is -1.89. The minimum absolute atomic E-state index is 0.104. The number of urea groups is 1. The van der Waals surface area contributed by atoms with Crippen LogP contribution in [0.1, 0.15) is 38.5 Å². The lowest BCUT2D eigenvalue weighted by atomic mass is 9.93. The summed E-state index contributed by atoms with van der Waals surface area (Å²) in [6, 6.07) is 1.99. The van der Waals surface area contributed by atoms with E-state index in [1.807, 2.05) is 0 Å². The Balaban J connectivity index is 1.46. The molecule has 1 aliphatic carbocycles. The minimum atomic E-state index is -0.200. The van der Waals surface area contributed by atoms with Gasteiger partial charge in [0, 0.05) is 37.6 Å². The zero-order chi connectivity index (χ0) is 16.1. The van der Waals surface area contributed by atoms with Gasteiger partial charge in [0.2, 0.25) is 5.95 Å². The molecule has 2 heterocycles. The van der Waals surface area contributed by atoms with Crippen LogP contribution in [0.2, 0.25) is 0 Å². The number of aliphatic hydroxyl groups excluding tert-OH is 1. The first-order valence-corrected chi connectivity index (χ1v) is 8.48. The van der Waals surface area contributed by atoms with Gasteiger partial charge in [-0.15, -0.1) is 0 Å². The van der Waals surface area contributed by atoms with Crippen molar-refractivity contribution in [3.63, 3.8) is 0 Å². The number of carbonyl (C=O) groups excluding carboxylic acids is 1. The average molecular weight is 319 g/mol. The van der Waals surface area contributed by atoms with Gasteiger partial charge in [0.25, 0.3) is 0 Å². The molecule has 2 fully saturated rings. The second kappa shape index (κ2) is 7.59. The van der Waals surface area contributed by atoms with Crippen LogP contribution < -0.4 is 15.5 Å². The summed E-state index contributed by atoms with van der Waals surface area (Å²) in [6.07, 6.45) is 8.51. The Morgan fingerprint density at radius 3 is 2.52 bits per heavy atom. The van der Waals surface area contributed by atoms with Crippen LogP contribution in [0.15, 0.2) is 18.5 Å². The first-order chi connectivity index (χ1) is 11.2. The molecule has 1 aromatic heterocycles. The van der Waals surface area contributed by atoms with Crippen molar-refractivity contribution in [3.8, 4) is 0 Å². The van der Waals surface area contributed by atoms with Gasteiger partial charge in [-0.1, -0.05) is 0 Å². The minimum Gasteiger partial charge on any atom is -0.393 e. The van der Waals surface area contributed by atoms with Crippen molar-refractivity contribution in [1.82, 2.24) is 20.6 Å². The Labute approximate surface area is 136 Å². The van der Waals surface area contributed by atoms with Crippen molar-refractivity contribution in [2.45, 2.75) is 56.7 Å². The highest BCUT2D eigenvalue weighted by Crippen LogP contribution is 2.18. The summed E-state index contributed by atoms with van der Waals surface area (Å²) in [4.78, 5) is 22.8. The predicted octanol–water partition coefficient (Wildman–Crippen LogP) is 1.05. The van der Waals surface area contributed by atoms with E-state index in [1.54, 1.807) is 18.5 Å². The molecule has 0 bridgehead atoms. The van der Waals surface area contributed by atoms with Crippen molar-refractivity contribution in [1.29, 1.82) is 0 Å². The average Bonchev–Trinajstić information content (AvgIpc) is 2.58. The van der Waals surface area contributed by atoms with Gasteiger partial charge >= 0.3 is 6.03 Å². The van der Waals surface area contributed by atoms with Gasteiger partial charge in [-0.05, 0) is 44.6 Å². The first kappa shape index (κ1) is 16.0. The third-order valence-corrected chi connectivity index (χ3v) is 4.62. The van der Waals surface area contributed by atoms with Crippen LogP contribution in [0.25, 0.3) is 0 Å². The van der Waals surface area contributed by atoms with Crippen LogP contribution in [0.3, 0.4) is 0 Å². The standard InChI is InChI=1S/C16H25N5O2/c22-14-6-4-12(5-7-14)19-16(23)20-13-3-1-10-21(11-13)15-17-8-2-9-18-15/h2,8-9,12-14,22H,1,3-7,10-11H2,(H2,19,20,23). The third kappa shape index (κ3) is 4.54. The van der Waals surface area contributed by atoms with E-state index < -0.39 is 0 Å². The number of aromatic nitrogens is 2. The number of hydrogen-bond donors (Lipinski definition) is 3. The van der Waals surface area contributed by atoms with Gasteiger partial charge in [0.1, 0.15) is 0 Å². The van der Waals surface area contributed by atoms with E-state index in [1.165, 1.54) is 0 Å². The molecule has 0 radical (unpaired) electrons. The van der Waals surface area contributed by atoms with Gasteiger partial charge < -0.3 is 20.6 Å². The van der Waals surface area contributed by atoms with Gasteiger partial charge in [0.15, 0.2) is 0 Å². The summed E-state index contributed by atoms with van der Waals surface area (Å²) in [5.41, 5.74) is 0. The van der Waals surface area contributed by atoms with Crippen molar-refractivity contribution < 1.29 is 9.90 Å². The molecule has 1 saturated heterocycles. The number of carbonyl (C=O) groups is 1. The summed E-state index contributed by atoms with van der Waals surface area (Å²) in [7, 11) is 0. The zero-order valence-electron chi connectivity index (χ0n) is 13.3. The van der Waals surface area contributed by atoms with Crippen LogP contribution in [0, 0.1) is 0 Å². The lowest BCUT2D eigenvalue weighted by molar-refractivity contribution is 0.117. The summed E-state index contributed by atoms with van der Waals surface area (Å²) in [6.45, 7) is 1.66. The molecule has 1 aromatic rings. The summed E-state index contributed by atoms with van der Waals surface area (Å²) < 4.78 is 0. The maximum absolute atomic E-state index is 12.2. The highest BCUT2D eigenvalue weighted by molar-refractivity contribution is 5.74. The number of piperidine rings is 1. The van der Waals surface area contributed by atoms with Crippen LogP contribution in [-0.4, -0.2) is 52.4 Å². The van der Waals surface area contributed by atoms with E-state index >= 15 is 0 Å². The van der Waals surface area contributed by atoms with Crippen molar-refractivity contribution in [2.24, 2.45) is 0 Å². The lowest BCUT2D eigenvalue weighted by Gasteiger charge is -2.33. The second-order valence-electron chi connectivity index (χ2n) is 6.46. The van der Waals surface area contributed by atoms with E-state index in [-0.39, 0.29) is 24.2 Å². The van der Waals surface area contributed by atoms with E-state index in [2.05, 4.69) is 25.5 Å². The number of rotatable bonds is 3. The number of anilines is 1. The van der Waals surface area contributed by atoms with Gasteiger partial charge in [0.05, 0.1) is 6.10 Å². The number of aliphatic hydroxyl groups is 1. The number of hydrogen-bond acceptors (Lipinski definition) is 5. The molecule has 0 aromatic carbocycles. The Bertz CT molecular complexity index is 504. The fourth-order valence-corrected chi connectivity index (χ4v) is 3.36. The summed E-state index contributed by atoms with van der Waals surface area (Å²) in [5.74, 6) is 0.723. The molecular formula is C16H25N5O2. The van der Waals surface area contributed by atoms with Crippen LogP contribution in [-0.2, 0) is 0 Å². The molecule has 3 N–H and O–H groups in total. The molecule has 0 spiro atoms. The fraction of sp³-hybridized carbons (Fsp3) is 0.688. The van der Waals surface area contributed by atoms with Gasteiger partial charge in [-0.2, -0.15) is 0 Å². The Morgan fingerprint density at radius 1 is 1.09 bits per heavy atom. The zero-order valence-corrected chi connectivity index (χ0v) is 13.3. The molecule has 1 aliphatic heterocycles. The number of nitrogens with one attached hydrogen (secondary N) is 2. The highest BCUT2D eigenvalue weighted by Gasteiger charge is 2.25. The lowest BCUT2D eigenvalue weighted by Crippen LogP contribution is -2.53. The number of amides is 2. The SMILES string of the molecule is O=C(NC1CCC(O)CC1)NC1CCCN(c2ncccn2)C1. The van der Waals surface area contributed by atoms with E-state index in [0.717, 1.165) is 57.6 Å². The molecule has 126 valence electrons. The largest absolute Gasteiger partial charge is 0.393 e. The molecule has 1 saturated carbocycles. The normalized spacial score (nSPS) is 28.2. The van der Waals surface area contributed by atoms with Crippen LogP contribution in [0.5, 0.6) is 0 Å². The maximum Gasteiger partial charge on any atom is 0.315 e. The first-order valence-electron chi connectivity index (χ1n) is 8.48. The maximum atomic E-state index is 12.2. The van der Waals surface area contributed by atoms with E-state index in [9.17, 15) is 9.90 Å². The molecule has 1 unspecified atom stereocenters. The Morgan fingerprint density at radius 2 is 1.78 bits per heavy atom. The summed E-state index contributed by atoms with van der Waals surface area (Å²) in [5, 5.41) is 15.6. The monoisotopic (exact) mass is 319 g/mol. The Kier molecular flexibility index (Phi) is 5.27. The molecule has 7 heteroatoms. The second-order valence-corrected chi connectivity index (χ2v) is 6.46. The van der Waals surface area contributed by atoms with Crippen molar-refractivity contribution in [2.75, 3.05) is 18.0 Å². The molecular weight excluding hydrogens is 294 g/mol. The van der Waals surface area contributed by atoms with Gasteiger partial charge in [-0.3, -0.25) is 0 Å². The van der Waals surface area contributed by atoms with Gasteiger partial charge in [-0.25, -0.2) is 14.8 Å². The van der Waals surface area contributed by atoms with Crippen LogP contribution >= 0.6 is 0 Å². The quantitative estimate of drug-likeness (QED) is 0.775. The van der Waals surface area contributed by atoms with Crippen molar-refractivity contribution >= 4 is 12.0 Å². The van der Waals surface area contributed by atoms with Crippen molar-refractivity contribution in [3.05, 3.63) is 18.5 Å². The molecule has 3 rings (SSSR count). The van der Waals surface area contributed by atoms with E-state index in [4.69, 9.17) is 0 Å². The molecule has 2 amide bonds. The number of nitrogens with zero attached hydrogens (tertiary/aromatic N) is 3. The molecule has 7 nitrogen and oxygen atoms in total.